The Morgan fingerprint density at radius 2 is 1.96 bits per heavy atom. The first-order valence-corrected chi connectivity index (χ1v) is 9.60. The van der Waals surface area contributed by atoms with Crippen molar-refractivity contribution in [3.63, 3.8) is 0 Å². The summed E-state index contributed by atoms with van der Waals surface area (Å²) in [6.45, 7) is 8.85. The first-order valence-electron chi connectivity index (χ1n) is 8.72. The van der Waals surface area contributed by atoms with Crippen LogP contribution in [0.1, 0.15) is 37.4 Å². The van der Waals surface area contributed by atoms with Gasteiger partial charge in [-0.25, -0.2) is 4.98 Å². The van der Waals surface area contributed by atoms with Crippen LogP contribution in [0, 0.1) is 6.92 Å². The van der Waals surface area contributed by atoms with E-state index in [2.05, 4.69) is 53.7 Å². The molecule has 23 heavy (non-hydrogen) atoms. The van der Waals surface area contributed by atoms with Crippen molar-refractivity contribution in [3.8, 4) is 10.6 Å². The van der Waals surface area contributed by atoms with Crippen LogP contribution in [0.2, 0.25) is 0 Å². The summed E-state index contributed by atoms with van der Waals surface area (Å²) in [4.78, 5) is 7.52. The topological polar surface area (TPSA) is 28.2 Å². The molecule has 124 valence electrons. The van der Waals surface area contributed by atoms with Crippen LogP contribution in [0.5, 0.6) is 0 Å². The summed E-state index contributed by atoms with van der Waals surface area (Å²) in [6, 6.07) is 9.38. The molecular weight excluding hydrogens is 302 g/mol. The molecule has 1 aromatic heterocycles. The molecule has 0 bridgehead atoms. The van der Waals surface area contributed by atoms with E-state index in [1.54, 1.807) is 11.3 Å². The van der Waals surface area contributed by atoms with Gasteiger partial charge in [0.1, 0.15) is 5.01 Å². The van der Waals surface area contributed by atoms with E-state index in [4.69, 9.17) is 4.98 Å². The van der Waals surface area contributed by atoms with Gasteiger partial charge in [-0.2, -0.15) is 0 Å². The summed E-state index contributed by atoms with van der Waals surface area (Å²) in [5.74, 6) is 0. The lowest BCUT2D eigenvalue weighted by Crippen LogP contribution is -2.43. The minimum atomic E-state index is 0.709. The first kappa shape index (κ1) is 16.6. The molecule has 0 amide bonds. The van der Waals surface area contributed by atoms with Crippen LogP contribution >= 0.6 is 11.3 Å². The van der Waals surface area contributed by atoms with Crippen molar-refractivity contribution in [2.24, 2.45) is 0 Å². The van der Waals surface area contributed by atoms with Gasteiger partial charge in [-0.1, -0.05) is 36.8 Å². The van der Waals surface area contributed by atoms with Gasteiger partial charge in [0.15, 0.2) is 0 Å². The Morgan fingerprint density at radius 1 is 1.22 bits per heavy atom. The molecule has 0 spiro atoms. The van der Waals surface area contributed by atoms with E-state index in [1.807, 2.05) is 0 Å². The molecule has 1 saturated heterocycles. The second-order valence-corrected chi connectivity index (χ2v) is 7.32. The number of nitrogens with zero attached hydrogens (tertiary/aromatic N) is 2. The number of aryl methyl sites for hydroxylation is 1. The third-order valence-electron chi connectivity index (χ3n) is 4.55. The summed E-state index contributed by atoms with van der Waals surface area (Å²) >= 11 is 1.77. The van der Waals surface area contributed by atoms with Gasteiger partial charge in [-0.05, 0) is 45.8 Å². The molecule has 1 fully saturated rings. The number of aromatic nitrogens is 1. The van der Waals surface area contributed by atoms with Crippen LogP contribution in [-0.4, -0.2) is 35.6 Å². The lowest BCUT2D eigenvalue weighted by Gasteiger charge is -2.34. The Bertz CT molecular complexity index is 599. The molecule has 3 nitrogen and oxygen atoms in total. The normalized spacial score (nSPS) is 16.1. The number of nitrogens with one attached hydrogen (secondary N) is 1. The van der Waals surface area contributed by atoms with Crippen LogP contribution in [0.25, 0.3) is 10.6 Å². The fourth-order valence-electron chi connectivity index (χ4n) is 3.27. The van der Waals surface area contributed by atoms with E-state index in [0.717, 1.165) is 24.6 Å². The summed E-state index contributed by atoms with van der Waals surface area (Å²) in [5.41, 5.74) is 3.75. The lowest BCUT2D eigenvalue weighted by molar-refractivity contribution is 0.153. The number of hydrogen-bond donors (Lipinski definition) is 1. The Morgan fingerprint density at radius 3 is 2.65 bits per heavy atom. The predicted molar refractivity (Wildman–Crippen MR) is 98.9 cm³/mol. The third-order valence-corrected chi connectivity index (χ3v) is 5.49. The summed E-state index contributed by atoms with van der Waals surface area (Å²) < 4.78 is 0. The molecule has 4 heteroatoms. The monoisotopic (exact) mass is 329 g/mol. The zero-order valence-corrected chi connectivity index (χ0v) is 15.0. The summed E-state index contributed by atoms with van der Waals surface area (Å²) in [6.07, 6.45) is 3.72. The molecule has 2 heterocycles. The fraction of sp³-hybridized carbons (Fsp3) is 0.526. The molecule has 3 rings (SSSR count). The zero-order valence-electron chi connectivity index (χ0n) is 14.2. The second kappa shape index (κ2) is 8.04. The minimum Gasteiger partial charge on any atom is -0.317 e. The van der Waals surface area contributed by atoms with Crippen LogP contribution in [0.15, 0.2) is 29.6 Å². The molecule has 1 N–H and O–H groups in total. The maximum atomic E-state index is 4.89. The van der Waals surface area contributed by atoms with E-state index in [1.165, 1.54) is 42.6 Å². The molecule has 1 aromatic carbocycles. The highest BCUT2D eigenvalue weighted by atomic mass is 32.1. The van der Waals surface area contributed by atoms with Gasteiger partial charge in [0.05, 0.1) is 5.69 Å². The van der Waals surface area contributed by atoms with Gasteiger partial charge in [0.2, 0.25) is 0 Å². The zero-order chi connectivity index (χ0) is 16.1. The molecule has 1 aliphatic heterocycles. The van der Waals surface area contributed by atoms with Gasteiger partial charge < -0.3 is 5.32 Å². The number of piperidine rings is 1. The molecule has 1 aliphatic rings. The average Bonchev–Trinajstić information content (AvgIpc) is 3.04. The van der Waals surface area contributed by atoms with Crippen molar-refractivity contribution in [2.45, 2.75) is 45.7 Å². The van der Waals surface area contributed by atoms with Crippen molar-refractivity contribution in [1.29, 1.82) is 0 Å². The highest BCUT2D eigenvalue weighted by molar-refractivity contribution is 7.13. The van der Waals surface area contributed by atoms with Crippen molar-refractivity contribution in [2.75, 3.05) is 19.6 Å². The van der Waals surface area contributed by atoms with Gasteiger partial charge in [0, 0.05) is 23.5 Å². The van der Waals surface area contributed by atoms with E-state index in [-0.39, 0.29) is 0 Å². The quantitative estimate of drug-likeness (QED) is 0.865. The second-order valence-electron chi connectivity index (χ2n) is 6.46. The first-order chi connectivity index (χ1) is 11.3. The smallest absolute Gasteiger partial charge is 0.123 e. The molecule has 0 atom stereocenters. The predicted octanol–water partition coefficient (Wildman–Crippen LogP) is 4.08. The SMILES string of the molecule is CCCN(Cc1csc(-c2ccc(C)cc2)n1)C1CCNCC1. The number of hydrogen-bond acceptors (Lipinski definition) is 4. The highest BCUT2D eigenvalue weighted by Crippen LogP contribution is 2.25. The van der Waals surface area contributed by atoms with E-state index < -0.39 is 0 Å². The van der Waals surface area contributed by atoms with E-state index in [0.29, 0.717) is 6.04 Å². The van der Waals surface area contributed by atoms with Gasteiger partial charge in [0.25, 0.3) is 0 Å². The number of benzene rings is 1. The summed E-state index contributed by atoms with van der Waals surface area (Å²) in [7, 11) is 0. The number of thiazole rings is 1. The van der Waals surface area contributed by atoms with Crippen LogP contribution < -0.4 is 5.32 Å². The lowest BCUT2D eigenvalue weighted by atomic mass is 10.0. The maximum Gasteiger partial charge on any atom is 0.123 e. The van der Waals surface area contributed by atoms with Crippen molar-refractivity contribution in [3.05, 3.63) is 40.9 Å². The molecule has 0 saturated carbocycles. The van der Waals surface area contributed by atoms with E-state index in [9.17, 15) is 0 Å². The van der Waals surface area contributed by atoms with Crippen LogP contribution in [0.3, 0.4) is 0 Å². The van der Waals surface area contributed by atoms with Crippen LogP contribution in [-0.2, 0) is 6.54 Å². The standard InChI is InChI=1S/C19H27N3S/c1-3-12-22(18-8-10-20-11-9-18)13-17-14-23-19(21-17)16-6-4-15(2)5-7-16/h4-7,14,18,20H,3,8-13H2,1-2H3. The third kappa shape index (κ3) is 4.40. The largest absolute Gasteiger partial charge is 0.317 e. The fourth-order valence-corrected chi connectivity index (χ4v) is 4.08. The van der Waals surface area contributed by atoms with Crippen molar-refractivity contribution in [1.82, 2.24) is 15.2 Å². The van der Waals surface area contributed by atoms with Gasteiger partial charge in [-0.3, -0.25) is 4.90 Å². The number of rotatable bonds is 6. The van der Waals surface area contributed by atoms with Crippen molar-refractivity contribution < 1.29 is 0 Å². The van der Waals surface area contributed by atoms with E-state index >= 15 is 0 Å². The summed E-state index contributed by atoms with van der Waals surface area (Å²) in [5, 5.41) is 6.84. The van der Waals surface area contributed by atoms with Gasteiger partial charge in [-0.15, -0.1) is 11.3 Å². The average molecular weight is 330 g/mol. The minimum absolute atomic E-state index is 0.709. The Balaban J connectivity index is 1.69. The molecular formula is C19H27N3S. The Hall–Kier alpha value is -1.23. The molecule has 0 aliphatic carbocycles. The van der Waals surface area contributed by atoms with Crippen molar-refractivity contribution >= 4 is 11.3 Å². The highest BCUT2D eigenvalue weighted by Gasteiger charge is 2.21. The van der Waals surface area contributed by atoms with Gasteiger partial charge >= 0.3 is 0 Å². The molecule has 0 unspecified atom stereocenters. The molecule has 0 radical (unpaired) electrons. The Kier molecular flexibility index (Phi) is 5.81. The molecule has 2 aromatic rings. The Labute approximate surface area is 143 Å². The van der Waals surface area contributed by atoms with Crippen LogP contribution in [0.4, 0.5) is 0 Å². The maximum absolute atomic E-state index is 4.89.